The van der Waals surface area contributed by atoms with Crippen LogP contribution in [0.2, 0.25) is 48.4 Å². The number of Topliss-reactive ketones (excluding diaryl/α,β-unsaturated/α-hetero) is 1. The van der Waals surface area contributed by atoms with Crippen molar-refractivity contribution in [2.45, 2.75) is 158 Å². The number of rotatable bonds is 21. The van der Waals surface area contributed by atoms with E-state index in [0.29, 0.717) is 53.6 Å². The van der Waals surface area contributed by atoms with Gasteiger partial charge in [-0.25, -0.2) is 0 Å². The minimum Gasteiger partial charge on any atom is -0.491 e. The quantitative estimate of drug-likeness (QED) is 0.0940. The summed E-state index contributed by atoms with van der Waals surface area (Å²) in [6.07, 6.45) is -0.422. The predicted molar refractivity (Wildman–Crippen MR) is 253 cm³/mol. The Labute approximate surface area is 374 Å². The molecule has 4 rings (SSSR count). The molecule has 1 aromatic rings. The third kappa shape index (κ3) is 15.0. The van der Waals surface area contributed by atoms with Crippen LogP contribution >= 0.6 is 0 Å². The number of fused-ring (bicyclic) bond motifs is 3. The summed E-state index contributed by atoms with van der Waals surface area (Å²) in [5.41, 5.74) is 0.621. The minimum atomic E-state index is -4.23. The van der Waals surface area contributed by atoms with Crippen molar-refractivity contribution >= 4 is 78.1 Å². The molecule has 60 heavy (non-hydrogen) atoms. The first kappa shape index (κ1) is 52.6. The number of carbonyl (C=O) groups excluding carboxylic acids is 1. The molecule has 346 valence electrons. The Bertz CT molecular complexity index is 1530. The second-order valence-electron chi connectivity index (χ2n) is 20.3. The minimum absolute atomic E-state index is 0.00417. The van der Waals surface area contributed by atoms with Crippen molar-refractivity contribution in [3.05, 3.63) is 29.8 Å². The average molecular weight is 982 g/mol. The van der Waals surface area contributed by atoms with Crippen LogP contribution in [0.5, 0.6) is 5.75 Å². The summed E-state index contributed by atoms with van der Waals surface area (Å²) < 4.78 is 82.0. The zero-order valence-electron chi connectivity index (χ0n) is 39.7. The van der Waals surface area contributed by atoms with Crippen molar-refractivity contribution < 1.29 is 55.8 Å². The Hall–Kier alpha value is -0.0149. The first-order chi connectivity index (χ1) is 27.8. The van der Waals surface area contributed by atoms with Crippen molar-refractivity contribution in [1.82, 2.24) is 0 Å². The van der Waals surface area contributed by atoms with Gasteiger partial charge in [0.25, 0.3) is 0 Å². The van der Waals surface area contributed by atoms with Crippen LogP contribution in [-0.4, -0.2) is 95.6 Å². The molecule has 8 atom stereocenters. The van der Waals surface area contributed by atoms with Crippen molar-refractivity contribution in [2.75, 3.05) is 6.61 Å². The number of hydrogen-bond acceptors (Lipinski definition) is 13. The molecule has 0 saturated carbocycles. The van der Waals surface area contributed by atoms with E-state index in [1.165, 1.54) is 0 Å². The Morgan fingerprint density at radius 3 is 1.47 bits per heavy atom. The largest absolute Gasteiger partial charge is 0.491 e. The normalized spacial score (nSPS) is 33.1. The van der Waals surface area contributed by atoms with Crippen LogP contribution in [0.15, 0.2) is 24.3 Å². The zero-order valence-corrected chi connectivity index (χ0v) is 48.9. The molecule has 13 nitrogen and oxygen atoms in total. The molecule has 8 unspecified atom stereocenters. The van der Waals surface area contributed by atoms with Crippen LogP contribution in [0.3, 0.4) is 0 Å². The Morgan fingerprint density at radius 1 is 0.600 bits per heavy atom. The third-order valence-corrected chi connectivity index (χ3v) is 43.2. The topological polar surface area (TPSA) is 139 Å². The van der Waals surface area contributed by atoms with E-state index in [0.717, 1.165) is 10.2 Å². The van der Waals surface area contributed by atoms with Gasteiger partial charge >= 0.3 is 62.1 Å². The van der Waals surface area contributed by atoms with Crippen LogP contribution in [-0.2, 0) is 41.5 Å². The molecule has 0 spiro atoms. The van der Waals surface area contributed by atoms with E-state index in [-0.39, 0.29) is 59.9 Å². The van der Waals surface area contributed by atoms with Crippen molar-refractivity contribution in [3.8, 4) is 5.75 Å². The fourth-order valence-electron chi connectivity index (χ4n) is 8.14. The van der Waals surface area contributed by atoms with Crippen LogP contribution in [0.25, 0.3) is 0 Å². The standard InChI is InChI=1S/C39H80O13Si8/c1-29(2)22-54-44-57(25-32(7)8)46-55(41,23-30(3)4)47-59(27-34(11)12)49-56(24-31(5)6,43-39(21-53)20-42-38-18-16-37(17-19-38)36(15)40)48-58(45-54,26-33(9)10)51-60(50-57,52-59)28-35(13)14/h16-19,29-35,39,41,54H,20-28H2,1-15,53H3. The third-order valence-electron chi connectivity index (χ3n) is 9.93. The summed E-state index contributed by atoms with van der Waals surface area (Å²) in [5, 5.41) is 0. The zero-order chi connectivity index (χ0) is 44.9. The van der Waals surface area contributed by atoms with Gasteiger partial charge in [0.15, 0.2) is 5.78 Å². The summed E-state index contributed by atoms with van der Waals surface area (Å²) in [6.45, 7) is 31.6. The maximum Gasteiger partial charge on any atom is 0.486 e. The molecule has 3 saturated heterocycles. The van der Waals surface area contributed by atoms with Gasteiger partial charge in [-0.05, 0) is 84.7 Å². The fraction of sp³-hybridized carbons (Fsp3) is 0.821. The van der Waals surface area contributed by atoms with Crippen LogP contribution in [0.1, 0.15) is 114 Å². The monoisotopic (exact) mass is 980 g/mol. The molecule has 3 aliphatic rings. The number of hydrogen-bond donors (Lipinski definition) is 1. The van der Waals surface area contributed by atoms with Gasteiger partial charge in [-0.2, -0.15) is 0 Å². The van der Waals surface area contributed by atoms with Gasteiger partial charge in [0.05, 0.1) is 6.10 Å². The molecule has 1 aromatic carbocycles. The lowest BCUT2D eigenvalue weighted by Crippen LogP contribution is -2.81. The summed E-state index contributed by atoms with van der Waals surface area (Å²) in [5.74, 6) is 1.25. The van der Waals surface area contributed by atoms with E-state index in [1.807, 2.05) is 12.1 Å². The second-order valence-corrected chi connectivity index (χ2v) is 41.0. The molecule has 3 aliphatic heterocycles. The highest BCUT2D eigenvalue weighted by molar-refractivity contribution is 6.97. The predicted octanol–water partition coefficient (Wildman–Crippen LogP) is 8.07. The van der Waals surface area contributed by atoms with Crippen LogP contribution < -0.4 is 4.74 Å². The van der Waals surface area contributed by atoms with Crippen molar-refractivity contribution in [2.24, 2.45) is 41.4 Å². The lowest BCUT2D eigenvalue weighted by atomic mass is 10.1. The van der Waals surface area contributed by atoms with Crippen molar-refractivity contribution in [3.63, 3.8) is 0 Å². The summed E-state index contributed by atoms with van der Waals surface area (Å²) in [4.78, 5) is 25.1. The average Bonchev–Trinajstić information content (AvgIpc) is 3.02. The van der Waals surface area contributed by atoms with Gasteiger partial charge in [-0.1, -0.05) is 96.9 Å². The number of ketones is 1. The van der Waals surface area contributed by atoms with Gasteiger partial charge in [-0.15, -0.1) is 0 Å². The van der Waals surface area contributed by atoms with E-state index < -0.39 is 68.2 Å². The first-order valence-corrected chi connectivity index (χ1v) is 37.5. The van der Waals surface area contributed by atoms with Gasteiger partial charge < -0.3 is 51.0 Å². The molecule has 1 N–H and O–H groups in total. The molecule has 3 heterocycles. The first-order valence-electron chi connectivity index (χ1n) is 22.7. The van der Waals surface area contributed by atoms with Gasteiger partial charge in [-0.3, -0.25) is 4.79 Å². The van der Waals surface area contributed by atoms with Crippen molar-refractivity contribution in [1.29, 1.82) is 0 Å². The molecule has 4 bridgehead atoms. The van der Waals surface area contributed by atoms with E-state index in [2.05, 4.69) is 96.9 Å². The highest BCUT2D eigenvalue weighted by Crippen LogP contribution is 2.49. The number of ether oxygens (including phenoxy) is 1. The highest BCUT2D eigenvalue weighted by atomic mass is 28.6. The molecule has 0 radical (unpaired) electrons. The molecule has 0 aliphatic carbocycles. The Kier molecular flexibility index (Phi) is 18.9. The summed E-state index contributed by atoms with van der Waals surface area (Å²) >= 11 is 0. The fourth-order valence-corrected chi connectivity index (χ4v) is 48.2. The molecule has 0 amide bonds. The second kappa shape index (κ2) is 21.5. The van der Waals surface area contributed by atoms with Crippen LogP contribution in [0.4, 0.5) is 0 Å². The highest BCUT2D eigenvalue weighted by Gasteiger charge is 2.75. The maximum absolute atomic E-state index is 13.1. The number of carbonyl (C=O) groups is 1. The molecular formula is C39H80O13Si8. The molecule has 0 aromatic heterocycles. The van der Waals surface area contributed by atoms with Gasteiger partial charge in [0.2, 0.25) is 0 Å². The summed E-state index contributed by atoms with van der Waals surface area (Å²) in [7, 11) is -26.1. The molecule has 3 fully saturated rings. The van der Waals surface area contributed by atoms with E-state index >= 15 is 0 Å². The van der Waals surface area contributed by atoms with E-state index in [1.54, 1.807) is 19.1 Å². The smallest absolute Gasteiger partial charge is 0.486 e. The maximum atomic E-state index is 13.1. The molecular weight excluding hydrogens is 901 g/mol. The van der Waals surface area contributed by atoms with Gasteiger partial charge in [0, 0.05) is 52.1 Å². The SMILES string of the molecule is CC(=O)c1ccc(OCC(C[SiH3])O[Si]2(CC(C)C)O[Si]3(CC(C)C)O[SiH](CC(C)C)O[Si]4(CC(C)C)O[Si](O)(CC(C)C)O[Si](CC(C)C)(O2)O[Si](CC(C)C)(O4)O3)cc1. The van der Waals surface area contributed by atoms with E-state index in [4.69, 9.17) is 46.2 Å². The Morgan fingerprint density at radius 2 is 1.02 bits per heavy atom. The van der Waals surface area contributed by atoms with E-state index in [9.17, 15) is 9.59 Å². The lowest BCUT2D eigenvalue weighted by molar-refractivity contribution is -0.00482. The number of benzene rings is 1. The molecule has 21 heteroatoms. The Balaban J connectivity index is 2.05. The van der Waals surface area contributed by atoms with Crippen LogP contribution in [0, 0.1) is 41.4 Å². The lowest BCUT2D eigenvalue weighted by Gasteiger charge is -2.57. The van der Waals surface area contributed by atoms with Gasteiger partial charge in [0.1, 0.15) is 12.4 Å². The summed E-state index contributed by atoms with van der Waals surface area (Å²) in [6, 6.07) is 10.9.